The number of halogens is 2. The standard InChI is InChI=1S/C18H15ClFN5O3/c19-14-9-13(6-7-15(14)20)22-17(26)10-28-18(27)16(25-11-21-23-24-25)8-12-4-2-1-3-5-12/h1-7,9,11,16H,8,10H2,(H,22,26)/t16-/m0/s1. The normalized spacial score (nSPS) is 11.6. The van der Waals surface area contributed by atoms with E-state index in [0.717, 1.165) is 11.6 Å². The highest BCUT2D eigenvalue weighted by Crippen LogP contribution is 2.19. The number of aromatic nitrogens is 4. The van der Waals surface area contributed by atoms with Gasteiger partial charge in [0.05, 0.1) is 5.02 Å². The van der Waals surface area contributed by atoms with E-state index < -0.39 is 30.3 Å². The van der Waals surface area contributed by atoms with Crippen molar-refractivity contribution in [2.24, 2.45) is 0 Å². The molecule has 0 unspecified atom stereocenters. The minimum atomic E-state index is -0.828. The Morgan fingerprint density at radius 1 is 1.21 bits per heavy atom. The predicted octanol–water partition coefficient (Wildman–Crippen LogP) is 2.43. The Bertz CT molecular complexity index is 953. The smallest absolute Gasteiger partial charge is 0.331 e. The molecule has 1 atom stereocenters. The highest BCUT2D eigenvalue weighted by molar-refractivity contribution is 6.31. The van der Waals surface area contributed by atoms with Crippen molar-refractivity contribution in [3.63, 3.8) is 0 Å². The van der Waals surface area contributed by atoms with Crippen LogP contribution in [0.15, 0.2) is 54.9 Å². The van der Waals surface area contributed by atoms with Gasteiger partial charge < -0.3 is 10.1 Å². The van der Waals surface area contributed by atoms with Gasteiger partial charge in [0, 0.05) is 12.1 Å². The van der Waals surface area contributed by atoms with Gasteiger partial charge in [0.1, 0.15) is 12.1 Å². The molecule has 144 valence electrons. The number of benzene rings is 2. The Balaban J connectivity index is 1.61. The SMILES string of the molecule is O=C(COC(=O)[C@H](Cc1ccccc1)n1cnnn1)Nc1ccc(F)c(Cl)c1. The number of tetrazole rings is 1. The maximum atomic E-state index is 13.2. The molecule has 28 heavy (non-hydrogen) atoms. The number of hydrogen-bond acceptors (Lipinski definition) is 6. The lowest BCUT2D eigenvalue weighted by molar-refractivity contribution is -0.151. The molecular weight excluding hydrogens is 389 g/mol. The fraction of sp³-hybridized carbons (Fsp3) is 0.167. The van der Waals surface area contributed by atoms with E-state index in [1.54, 1.807) is 0 Å². The zero-order valence-electron chi connectivity index (χ0n) is 14.5. The molecular formula is C18H15ClFN5O3. The summed E-state index contributed by atoms with van der Waals surface area (Å²) < 4.78 is 19.5. The van der Waals surface area contributed by atoms with Gasteiger partial charge in [0.25, 0.3) is 5.91 Å². The molecule has 2 aromatic carbocycles. The van der Waals surface area contributed by atoms with Crippen molar-refractivity contribution < 1.29 is 18.7 Å². The molecule has 10 heteroatoms. The number of esters is 1. The first-order valence-electron chi connectivity index (χ1n) is 8.21. The Kier molecular flexibility index (Phi) is 6.28. The third-order valence-electron chi connectivity index (χ3n) is 3.78. The summed E-state index contributed by atoms with van der Waals surface area (Å²) in [7, 11) is 0. The van der Waals surface area contributed by atoms with Gasteiger partial charge in [-0.1, -0.05) is 41.9 Å². The van der Waals surface area contributed by atoms with Gasteiger partial charge in [0.15, 0.2) is 12.6 Å². The average molecular weight is 404 g/mol. The maximum Gasteiger partial charge on any atom is 0.331 e. The van der Waals surface area contributed by atoms with Gasteiger partial charge in [-0.25, -0.2) is 13.9 Å². The minimum Gasteiger partial charge on any atom is -0.454 e. The Morgan fingerprint density at radius 2 is 2.00 bits per heavy atom. The van der Waals surface area contributed by atoms with E-state index in [1.807, 2.05) is 30.3 Å². The van der Waals surface area contributed by atoms with E-state index in [0.29, 0.717) is 6.42 Å². The molecule has 8 nitrogen and oxygen atoms in total. The van der Waals surface area contributed by atoms with Gasteiger partial charge in [-0.2, -0.15) is 0 Å². The van der Waals surface area contributed by atoms with Gasteiger partial charge in [-0.15, -0.1) is 5.10 Å². The Morgan fingerprint density at radius 3 is 2.68 bits per heavy atom. The summed E-state index contributed by atoms with van der Waals surface area (Å²) in [5.41, 5.74) is 1.17. The van der Waals surface area contributed by atoms with Crippen molar-refractivity contribution in [2.75, 3.05) is 11.9 Å². The van der Waals surface area contributed by atoms with Crippen LogP contribution < -0.4 is 5.32 Å². The number of carbonyl (C=O) groups excluding carboxylic acids is 2. The van der Waals surface area contributed by atoms with E-state index in [4.69, 9.17) is 16.3 Å². The monoisotopic (exact) mass is 403 g/mol. The van der Waals surface area contributed by atoms with Crippen LogP contribution >= 0.6 is 11.6 Å². The molecule has 0 bridgehead atoms. The lowest BCUT2D eigenvalue weighted by Gasteiger charge is -2.15. The van der Waals surface area contributed by atoms with Crippen molar-refractivity contribution in [1.29, 1.82) is 0 Å². The quantitative estimate of drug-likeness (QED) is 0.608. The second-order valence-electron chi connectivity index (χ2n) is 5.78. The van der Waals surface area contributed by atoms with Crippen LogP contribution in [0, 0.1) is 5.82 Å². The minimum absolute atomic E-state index is 0.128. The van der Waals surface area contributed by atoms with Gasteiger partial charge in [-0.3, -0.25) is 4.79 Å². The fourth-order valence-corrected chi connectivity index (χ4v) is 2.62. The number of ether oxygens (including phenoxy) is 1. The van der Waals surface area contributed by atoms with Crippen LogP contribution in [0.3, 0.4) is 0 Å². The molecule has 1 heterocycles. The van der Waals surface area contributed by atoms with Gasteiger partial charge in [-0.05, 0) is 34.2 Å². The van der Waals surface area contributed by atoms with E-state index in [9.17, 15) is 14.0 Å². The van der Waals surface area contributed by atoms with E-state index >= 15 is 0 Å². The van der Waals surface area contributed by atoms with Crippen molar-refractivity contribution >= 4 is 29.2 Å². The van der Waals surface area contributed by atoms with E-state index in [-0.39, 0.29) is 10.7 Å². The van der Waals surface area contributed by atoms with Crippen LogP contribution in [0.25, 0.3) is 0 Å². The van der Waals surface area contributed by atoms with Crippen molar-refractivity contribution in [3.05, 3.63) is 71.3 Å². The lowest BCUT2D eigenvalue weighted by Crippen LogP contribution is -2.28. The first-order valence-corrected chi connectivity index (χ1v) is 8.58. The number of carbonyl (C=O) groups is 2. The van der Waals surface area contributed by atoms with Gasteiger partial charge >= 0.3 is 5.97 Å². The summed E-state index contributed by atoms with van der Waals surface area (Å²) in [6, 6.07) is 12.2. The van der Waals surface area contributed by atoms with Crippen LogP contribution in [-0.2, 0) is 20.7 Å². The molecule has 0 aliphatic rings. The number of nitrogens with zero attached hydrogens (tertiary/aromatic N) is 4. The molecule has 0 saturated heterocycles. The number of hydrogen-bond donors (Lipinski definition) is 1. The summed E-state index contributed by atoms with van der Waals surface area (Å²) in [5.74, 6) is -1.86. The molecule has 0 aliphatic carbocycles. The van der Waals surface area contributed by atoms with Crippen molar-refractivity contribution in [1.82, 2.24) is 20.2 Å². The topological polar surface area (TPSA) is 99.0 Å². The van der Waals surface area contributed by atoms with Gasteiger partial charge in [0.2, 0.25) is 0 Å². The zero-order valence-corrected chi connectivity index (χ0v) is 15.2. The molecule has 1 N–H and O–H groups in total. The van der Waals surface area contributed by atoms with Crippen LogP contribution in [-0.4, -0.2) is 38.7 Å². The number of nitrogens with one attached hydrogen (secondary N) is 1. The molecule has 1 amide bonds. The van der Waals surface area contributed by atoms with Crippen LogP contribution in [0.4, 0.5) is 10.1 Å². The Labute approximate surface area is 164 Å². The maximum absolute atomic E-state index is 13.2. The highest BCUT2D eigenvalue weighted by atomic mass is 35.5. The third-order valence-corrected chi connectivity index (χ3v) is 4.07. The molecule has 0 fully saturated rings. The average Bonchev–Trinajstić information content (AvgIpc) is 3.22. The van der Waals surface area contributed by atoms with E-state index in [2.05, 4.69) is 20.8 Å². The van der Waals surface area contributed by atoms with Crippen molar-refractivity contribution in [3.8, 4) is 0 Å². The predicted molar refractivity (Wildman–Crippen MR) is 98.0 cm³/mol. The summed E-state index contributed by atoms with van der Waals surface area (Å²) in [6.07, 6.45) is 1.59. The molecule has 3 rings (SSSR count). The lowest BCUT2D eigenvalue weighted by atomic mass is 10.1. The number of amides is 1. The first kappa shape index (κ1) is 19.4. The molecule has 0 spiro atoms. The molecule has 0 radical (unpaired) electrons. The summed E-state index contributed by atoms with van der Waals surface area (Å²) >= 11 is 5.67. The van der Waals surface area contributed by atoms with Crippen LogP contribution in [0.5, 0.6) is 0 Å². The first-order chi connectivity index (χ1) is 13.5. The van der Waals surface area contributed by atoms with Crippen LogP contribution in [0.1, 0.15) is 11.6 Å². The zero-order chi connectivity index (χ0) is 19.9. The number of rotatable bonds is 7. The molecule has 0 aliphatic heterocycles. The highest BCUT2D eigenvalue weighted by Gasteiger charge is 2.24. The summed E-state index contributed by atoms with van der Waals surface area (Å²) in [5, 5.41) is 13.2. The molecule has 0 saturated carbocycles. The molecule has 1 aromatic heterocycles. The van der Waals surface area contributed by atoms with E-state index in [1.165, 1.54) is 23.1 Å². The molecule has 3 aromatic rings. The summed E-state index contributed by atoms with van der Waals surface area (Å²) in [4.78, 5) is 24.5. The largest absolute Gasteiger partial charge is 0.454 e. The second kappa shape index (κ2) is 9.05. The summed E-state index contributed by atoms with van der Waals surface area (Å²) in [6.45, 7) is -0.527. The fourth-order valence-electron chi connectivity index (χ4n) is 2.44. The van der Waals surface area contributed by atoms with Crippen LogP contribution in [0.2, 0.25) is 5.02 Å². The second-order valence-corrected chi connectivity index (χ2v) is 6.19. The number of anilines is 1. The third kappa shape index (κ3) is 5.10. The Hall–Kier alpha value is -3.33. The van der Waals surface area contributed by atoms with Crippen molar-refractivity contribution in [2.45, 2.75) is 12.5 Å².